The molecule has 0 spiro atoms. The summed E-state index contributed by atoms with van der Waals surface area (Å²) >= 11 is 5.01. The van der Waals surface area contributed by atoms with Gasteiger partial charge in [-0.05, 0) is 42.9 Å². The summed E-state index contributed by atoms with van der Waals surface area (Å²) in [5.74, 6) is -0.249. The highest BCUT2D eigenvalue weighted by Crippen LogP contribution is 2.14. The summed E-state index contributed by atoms with van der Waals surface area (Å²) < 4.78 is 15.0. The van der Waals surface area contributed by atoms with E-state index >= 15 is 0 Å². The predicted octanol–water partition coefficient (Wildman–Crippen LogP) is 2.38. The fourth-order valence-electron chi connectivity index (χ4n) is 1.31. The molecule has 2 rings (SSSR count). The lowest BCUT2D eigenvalue weighted by molar-refractivity contribution is 0.626. The largest absolute Gasteiger partial charge is 0.274 e. The van der Waals surface area contributed by atoms with Gasteiger partial charge in [-0.2, -0.15) is 5.10 Å². The van der Waals surface area contributed by atoms with Gasteiger partial charge in [0.2, 0.25) is 0 Å². The maximum Gasteiger partial charge on any atom is 0.199 e. The van der Waals surface area contributed by atoms with Gasteiger partial charge in [-0.1, -0.05) is 0 Å². The van der Waals surface area contributed by atoms with Crippen molar-refractivity contribution < 1.29 is 4.39 Å². The van der Waals surface area contributed by atoms with Crippen molar-refractivity contribution in [2.75, 3.05) is 0 Å². The third-order valence-electron chi connectivity index (χ3n) is 1.97. The second-order valence-electron chi connectivity index (χ2n) is 2.96. The zero-order valence-corrected chi connectivity index (χ0v) is 8.31. The molecule has 1 aromatic heterocycles. The molecule has 72 valence electrons. The molecule has 1 N–H and O–H groups in total. The SMILES string of the molecule is Cc1cc(F)ccc1-n1cn[nH]c1=S. The minimum atomic E-state index is -0.249. The van der Waals surface area contributed by atoms with Crippen molar-refractivity contribution in [1.82, 2.24) is 14.8 Å². The van der Waals surface area contributed by atoms with E-state index in [0.29, 0.717) is 4.77 Å². The van der Waals surface area contributed by atoms with Crippen LogP contribution in [0.25, 0.3) is 5.69 Å². The van der Waals surface area contributed by atoms with Crippen molar-refractivity contribution in [3.63, 3.8) is 0 Å². The number of nitrogens with zero attached hydrogens (tertiary/aromatic N) is 2. The summed E-state index contributed by atoms with van der Waals surface area (Å²) in [6.45, 7) is 1.83. The molecule has 0 saturated carbocycles. The van der Waals surface area contributed by atoms with Crippen molar-refractivity contribution in [3.05, 3.63) is 40.7 Å². The van der Waals surface area contributed by atoms with Crippen LogP contribution < -0.4 is 0 Å². The fourth-order valence-corrected chi connectivity index (χ4v) is 1.51. The third kappa shape index (κ3) is 1.46. The topological polar surface area (TPSA) is 33.6 Å². The Kier molecular flexibility index (Phi) is 2.17. The standard InChI is InChI=1S/C9H8FN3S/c1-6-4-7(10)2-3-8(6)13-5-11-12-9(13)14/h2-5H,1H3,(H,12,14). The van der Waals surface area contributed by atoms with Gasteiger partial charge in [0.15, 0.2) is 4.77 Å². The highest BCUT2D eigenvalue weighted by Gasteiger charge is 2.03. The Hall–Kier alpha value is -1.49. The molecule has 0 atom stereocenters. The van der Waals surface area contributed by atoms with Crippen LogP contribution in [-0.4, -0.2) is 14.8 Å². The van der Waals surface area contributed by atoms with E-state index < -0.39 is 0 Å². The van der Waals surface area contributed by atoms with Gasteiger partial charge in [0.1, 0.15) is 12.1 Å². The average molecular weight is 209 g/mol. The number of rotatable bonds is 1. The van der Waals surface area contributed by atoms with E-state index in [1.807, 2.05) is 6.92 Å². The van der Waals surface area contributed by atoms with Gasteiger partial charge in [-0.15, -0.1) is 0 Å². The van der Waals surface area contributed by atoms with E-state index in [0.717, 1.165) is 11.3 Å². The molecular weight excluding hydrogens is 201 g/mol. The molecule has 0 aliphatic rings. The fraction of sp³-hybridized carbons (Fsp3) is 0.111. The van der Waals surface area contributed by atoms with Gasteiger partial charge < -0.3 is 0 Å². The maximum absolute atomic E-state index is 12.8. The number of aryl methyl sites for hydroxylation is 1. The van der Waals surface area contributed by atoms with E-state index in [4.69, 9.17) is 12.2 Å². The maximum atomic E-state index is 12.8. The second kappa shape index (κ2) is 3.34. The van der Waals surface area contributed by atoms with Crippen molar-refractivity contribution in [3.8, 4) is 5.69 Å². The van der Waals surface area contributed by atoms with Gasteiger partial charge in [0, 0.05) is 0 Å². The molecule has 0 fully saturated rings. The first-order valence-corrected chi connectivity index (χ1v) is 4.48. The number of aromatic amines is 1. The Balaban J connectivity index is 2.63. The van der Waals surface area contributed by atoms with E-state index in [2.05, 4.69) is 10.2 Å². The molecule has 1 aromatic carbocycles. The minimum Gasteiger partial charge on any atom is -0.274 e. The number of halogens is 1. The van der Waals surface area contributed by atoms with Crippen LogP contribution in [-0.2, 0) is 0 Å². The number of aromatic nitrogens is 3. The van der Waals surface area contributed by atoms with Gasteiger partial charge in [0.25, 0.3) is 0 Å². The van der Waals surface area contributed by atoms with E-state index in [1.54, 1.807) is 17.0 Å². The quantitative estimate of drug-likeness (QED) is 0.731. The molecule has 1 heterocycles. The van der Waals surface area contributed by atoms with Crippen molar-refractivity contribution in [2.45, 2.75) is 6.92 Å². The first-order valence-electron chi connectivity index (χ1n) is 4.07. The van der Waals surface area contributed by atoms with Crippen molar-refractivity contribution >= 4 is 12.2 Å². The Labute approximate surface area is 85.2 Å². The number of hydrogen-bond donors (Lipinski definition) is 1. The summed E-state index contributed by atoms with van der Waals surface area (Å²) in [4.78, 5) is 0. The number of benzene rings is 1. The van der Waals surface area contributed by atoms with Crippen LogP contribution in [0.3, 0.4) is 0 Å². The lowest BCUT2D eigenvalue weighted by Crippen LogP contribution is -1.95. The van der Waals surface area contributed by atoms with Crippen LogP contribution in [0.15, 0.2) is 24.5 Å². The molecule has 2 aromatic rings. The Morgan fingerprint density at radius 2 is 2.29 bits per heavy atom. The van der Waals surface area contributed by atoms with Crippen LogP contribution in [0.2, 0.25) is 0 Å². The third-order valence-corrected chi connectivity index (χ3v) is 2.26. The normalized spacial score (nSPS) is 10.4. The average Bonchev–Trinajstić information content (AvgIpc) is 2.52. The first-order chi connectivity index (χ1) is 6.68. The van der Waals surface area contributed by atoms with E-state index in [-0.39, 0.29) is 5.82 Å². The van der Waals surface area contributed by atoms with Gasteiger partial charge >= 0.3 is 0 Å². The van der Waals surface area contributed by atoms with Gasteiger partial charge in [-0.25, -0.2) is 4.39 Å². The van der Waals surface area contributed by atoms with Crippen molar-refractivity contribution in [2.24, 2.45) is 0 Å². The van der Waals surface area contributed by atoms with Crippen LogP contribution >= 0.6 is 12.2 Å². The second-order valence-corrected chi connectivity index (χ2v) is 3.35. The van der Waals surface area contributed by atoms with Gasteiger partial charge in [0.05, 0.1) is 5.69 Å². The molecule has 0 aliphatic carbocycles. The zero-order valence-electron chi connectivity index (χ0n) is 7.49. The molecule has 0 radical (unpaired) electrons. The Bertz CT molecular complexity index is 515. The van der Waals surface area contributed by atoms with E-state index in [1.165, 1.54) is 12.1 Å². The molecule has 0 aliphatic heterocycles. The summed E-state index contributed by atoms with van der Waals surface area (Å²) in [6.07, 6.45) is 1.57. The molecule has 0 amide bonds. The molecular formula is C9H8FN3S. The highest BCUT2D eigenvalue weighted by atomic mass is 32.1. The lowest BCUT2D eigenvalue weighted by Gasteiger charge is -2.04. The van der Waals surface area contributed by atoms with Crippen LogP contribution in [0.4, 0.5) is 4.39 Å². The summed E-state index contributed by atoms with van der Waals surface area (Å²) in [5.41, 5.74) is 1.66. The number of nitrogens with one attached hydrogen (secondary N) is 1. The Morgan fingerprint density at radius 3 is 2.86 bits per heavy atom. The summed E-state index contributed by atoms with van der Waals surface area (Å²) in [6, 6.07) is 4.54. The smallest absolute Gasteiger partial charge is 0.199 e. The first kappa shape index (κ1) is 9.08. The molecule has 0 unspecified atom stereocenters. The van der Waals surface area contributed by atoms with Crippen LogP contribution in [0.5, 0.6) is 0 Å². The van der Waals surface area contributed by atoms with Crippen LogP contribution in [0, 0.1) is 17.5 Å². The van der Waals surface area contributed by atoms with Crippen molar-refractivity contribution in [1.29, 1.82) is 0 Å². The monoisotopic (exact) mass is 209 g/mol. The Morgan fingerprint density at radius 1 is 1.50 bits per heavy atom. The summed E-state index contributed by atoms with van der Waals surface area (Å²) in [5, 5.41) is 6.44. The minimum absolute atomic E-state index is 0.249. The summed E-state index contributed by atoms with van der Waals surface area (Å²) in [7, 11) is 0. The molecule has 5 heteroatoms. The zero-order chi connectivity index (χ0) is 10.1. The lowest BCUT2D eigenvalue weighted by atomic mass is 10.2. The van der Waals surface area contributed by atoms with Crippen LogP contribution in [0.1, 0.15) is 5.56 Å². The number of hydrogen-bond acceptors (Lipinski definition) is 2. The van der Waals surface area contributed by atoms with Gasteiger partial charge in [-0.3, -0.25) is 9.67 Å². The molecule has 14 heavy (non-hydrogen) atoms. The predicted molar refractivity (Wildman–Crippen MR) is 53.4 cm³/mol. The molecule has 0 bridgehead atoms. The van der Waals surface area contributed by atoms with E-state index in [9.17, 15) is 4.39 Å². The molecule has 3 nitrogen and oxygen atoms in total. The number of H-pyrrole nitrogens is 1. The molecule has 0 saturated heterocycles. The highest BCUT2D eigenvalue weighted by molar-refractivity contribution is 7.71.